The number of carboxylic acids is 1. The van der Waals surface area contributed by atoms with Gasteiger partial charge in [0.15, 0.2) is 0 Å². The normalized spacial score (nSPS) is 14.2. The lowest BCUT2D eigenvalue weighted by Gasteiger charge is -2.24. The molecule has 0 spiro atoms. The van der Waals surface area contributed by atoms with Gasteiger partial charge in [0.05, 0.1) is 31.8 Å². The molecule has 2 N–H and O–H groups in total. The highest BCUT2D eigenvalue weighted by molar-refractivity contribution is 6.32. The molecule has 8 nitrogen and oxygen atoms in total. The molecule has 0 aromatic heterocycles. The minimum atomic E-state index is -0.915. The zero-order valence-electron chi connectivity index (χ0n) is 19.9. The van der Waals surface area contributed by atoms with E-state index in [2.05, 4.69) is 5.32 Å². The lowest BCUT2D eigenvalue weighted by atomic mass is 9.93. The van der Waals surface area contributed by atoms with E-state index in [0.717, 1.165) is 5.56 Å². The maximum atomic E-state index is 12.6. The first-order valence-corrected chi connectivity index (χ1v) is 11.7. The Balaban J connectivity index is 1.37. The largest absolute Gasteiger partial charge is 0.497 e. The van der Waals surface area contributed by atoms with Crippen molar-refractivity contribution in [3.63, 3.8) is 0 Å². The van der Waals surface area contributed by atoms with Crippen molar-refractivity contribution in [2.75, 3.05) is 27.4 Å². The highest BCUT2D eigenvalue weighted by atomic mass is 35.5. The molecule has 0 fully saturated rings. The van der Waals surface area contributed by atoms with Crippen molar-refractivity contribution in [3.8, 4) is 28.7 Å². The third-order valence-electron chi connectivity index (χ3n) is 5.92. The Morgan fingerprint density at radius 3 is 2.47 bits per heavy atom. The third kappa shape index (κ3) is 5.66. The quantitative estimate of drug-likeness (QED) is 0.413. The average Bonchev–Trinajstić information content (AvgIpc) is 2.89. The van der Waals surface area contributed by atoms with Crippen LogP contribution in [-0.4, -0.2) is 44.4 Å². The van der Waals surface area contributed by atoms with Crippen LogP contribution in [0.25, 0.3) is 0 Å². The van der Waals surface area contributed by atoms with Crippen molar-refractivity contribution < 1.29 is 33.6 Å². The maximum Gasteiger partial charge on any atom is 0.311 e. The van der Waals surface area contributed by atoms with Gasteiger partial charge in [-0.2, -0.15) is 0 Å². The molecule has 9 heteroatoms. The summed E-state index contributed by atoms with van der Waals surface area (Å²) in [4.78, 5) is 24.1. The Hall–Kier alpha value is -3.91. The van der Waals surface area contributed by atoms with E-state index in [1.807, 2.05) is 12.1 Å². The molecular weight excluding hydrogens is 486 g/mol. The Kier molecular flexibility index (Phi) is 7.85. The van der Waals surface area contributed by atoms with E-state index in [0.29, 0.717) is 65.9 Å². The lowest BCUT2D eigenvalue weighted by Crippen LogP contribution is -2.25. The minimum Gasteiger partial charge on any atom is -0.497 e. The number of ether oxygens (including phenoxy) is 4. The van der Waals surface area contributed by atoms with E-state index < -0.39 is 11.9 Å². The fraction of sp³-hybridized carbons (Fsp3) is 0.259. The summed E-state index contributed by atoms with van der Waals surface area (Å²) in [5.41, 5.74) is 1.97. The first-order chi connectivity index (χ1) is 17.4. The van der Waals surface area contributed by atoms with Gasteiger partial charge in [0.1, 0.15) is 28.7 Å². The topological polar surface area (TPSA) is 103 Å². The molecule has 1 unspecified atom stereocenters. The smallest absolute Gasteiger partial charge is 0.311 e. The van der Waals surface area contributed by atoms with Gasteiger partial charge < -0.3 is 29.4 Å². The van der Waals surface area contributed by atoms with Crippen LogP contribution in [0.4, 0.5) is 0 Å². The number of amides is 1. The molecule has 0 saturated heterocycles. The molecule has 4 rings (SSSR count). The van der Waals surface area contributed by atoms with Crippen LogP contribution in [0.5, 0.6) is 28.7 Å². The number of methoxy groups -OCH3 is 2. The Bertz CT molecular complexity index is 1260. The third-order valence-corrected chi connectivity index (χ3v) is 6.22. The Labute approximate surface area is 213 Å². The molecule has 1 heterocycles. The van der Waals surface area contributed by atoms with Gasteiger partial charge in [0, 0.05) is 29.8 Å². The number of hydrogen-bond donors (Lipinski definition) is 2. The molecule has 1 aliphatic rings. The summed E-state index contributed by atoms with van der Waals surface area (Å²) in [5.74, 6) is 0.871. The van der Waals surface area contributed by atoms with Gasteiger partial charge in [-0.25, -0.2) is 0 Å². The summed E-state index contributed by atoms with van der Waals surface area (Å²) in [6, 6.07) is 15.4. The molecule has 3 aromatic rings. The number of carbonyl (C=O) groups excluding carboxylic acids is 1. The summed E-state index contributed by atoms with van der Waals surface area (Å²) in [6.07, 6.45) is 0.984. The van der Waals surface area contributed by atoms with Crippen molar-refractivity contribution in [1.82, 2.24) is 5.32 Å². The first-order valence-electron chi connectivity index (χ1n) is 11.4. The molecule has 0 saturated carbocycles. The van der Waals surface area contributed by atoms with Crippen LogP contribution in [0.3, 0.4) is 0 Å². The average molecular weight is 512 g/mol. The van der Waals surface area contributed by atoms with Gasteiger partial charge in [0.2, 0.25) is 0 Å². The molecule has 36 heavy (non-hydrogen) atoms. The number of halogens is 1. The monoisotopic (exact) mass is 511 g/mol. The van der Waals surface area contributed by atoms with Crippen LogP contribution in [-0.2, 0) is 11.2 Å². The Morgan fingerprint density at radius 2 is 1.78 bits per heavy atom. The van der Waals surface area contributed by atoms with Crippen LogP contribution >= 0.6 is 11.6 Å². The molecule has 1 atom stereocenters. The van der Waals surface area contributed by atoms with Crippen molar-refractivity contribution >= 4 is 23.5 Å². The number of carboxylic acid groups (broad SMARTS) is 1. The van der Waals surface area contributed by atoms with E-state index in [-0.39, 0.29) is 10.9 Å². The summed E-state index contributed by atoms with van der Waals surface area (Å²) in [5, 5.41) is 12.6. The molecule has 3 aromatic carbocycles. The summed E-state index contributed by atoms with van der Waals surface area (Å²) < 4.78 is 22.1. The number of aliphatic carboxylic acids is 1. The predicted octanol–water partition coefficient (Wildman–Crippen LogP) is 5.07. The van der Waals surface area contributed by atoms with Gasteiger partial charge in [-0.1, -0.05) is 17.7 Å². The summed E-state index contributed by atoms with van der Waals surface area (Å²) in [7, 11) is 3.19. The van der Waals surface area contributed by atoms with E-state index in [9.17, 15) is 14.7 Å². The SMILES string of the molecule is COc1ccc(CCNC(=O)c2ccc(Oc3cc4c(cc3Cl)C(C(=O)O)CCO4)cc2)c(OC)c1. The minimum absolute atomic E-state index is 0.214. The second-order valence-corrected chi connectivity index (χ2v) is 8.57. The molecular formula is C27H26ClNO7. The number of benzene rings is 3. The van der Waals surface area contributed by atoms with Crippen LogP contribution in [0.15, 0.2) is 54.6 Å². The number of rotatable bonds is 9. The van der Waals surface area contributed by atoms with Crippen LogP contribution in [0.2, 0.25) is 5.02 Å². The molecule has 188 valence electrons. The fourth-order valence-corrected chi connectivity index (χ4v) is 4.21. The van der Waals surface area contributed by atoms with E-state index in [4.69, 9.17) is 30.5 Å². The van der Waals surface area contributed by atoms with Gasteiger partial charge in [0.25, 0.3) is 5.91 Å². The van der Waals surface area contributed by atoms with Crippen molar-refractivity contribution in [1.29, 1.82) is 0 Å². The van der Waals surface area contributed by atoms with E-state index in [1.54, 1.807) is 56.7 Å². The molecule has 0 radical (unpaired) electrons. The van der Waals surface area contributed by atoms with Gasteiger partial charge in [-0.15, -0.1) is 0 Å². The Morgan fingerprint density at radius 1 is 1.03 bits per heavy atom. The van der Waals surface area contributed by atoms with Gasteiger partial charge in [-0.05, 0) is 54.8 Å². The van der Waals surface area contributed by atoms with Crippen molar-refractivity contribution in [2.45, 2.75) is 18.8 Å². The fourth-order valence-electron chi connectivity index (χ4n) is 4.00. The molecule has 0 bridgehead atoms. The summed E-state index contributed by atoms with van der Waals surface area (Å²) >= 11 is 6.36. The molecule has 1 amide bonds. The van der Waals surface area contributed by atoms with Crippen LogP contribution in [0, 0.1) is 0 Å². The lowest BCUT2D eigenvalue weighted by molar-refractivity contribution is -0.139. The second-order valence-electron chi connectivity index (χ2n) is 8.16. The van der Waals surface area contributed by atoms with Crippen LogP contribution < -0.4 is 24.3 Å². The number of nitrogens with one attached hydrogen (secondary N) is 1. The number of carbonyl (C=O) groups is 2. The maximum absolute atomic E-state index is 12.6. The number of fused-ring (bicyclic) bond motifs is 1. The van der Waals surface area contributed by atoms with Crippen LogP contribution in [0.1, 0.15) is 33.8 Å². The molecule has 1 aliphatic heterocycles. The van der Waals surface area contributed by atoms with Crippen molar-refractivity contribution in [2.24, 2.45) is 0 Å². The zero-order chi connectivity index (χ0) is 25.7. The second kappa shape index (κ2) is 11.2. The highest BCUT2D eigenvalue weighted by Crippen LogP contribution is 2.41. The summed E-state index contributed by atoms with van der Waals surface area (Å²) in [6.45, 7) is 0.738. The van der Waals surface area contributed by atoms with E-state index >= 15 is 0 Å². The standard InChI is InChI=1S/C27H26ClNO7/c1-33-19-8-3-16(23(13-19)34-2)9-11-29-26(30)17-4-6-18(7-5-17)36-25-15-24-21(14-22(25)28)20(27(31)32)10-12-35-24/h3-8,13-15,20H,9-12H2,1-2H3,(H,29,30)(H,31,32). The highest BCUT2D eigenvalue weighted by Gasteiger charge is 2.29. The van der Waals surface area contributed by atoms with E-state index in [1.165, 1.54) is 0 Å². The molecule has 0 aliphatic carbocycles. The van der Waals surface area contributed by atoms with Gasteiger partial charge >= 0.3 is 5.97 Å². The van der Waals surface area contributed by atoms with Crippen molar-refractivity contribution in [3.05, 3.63) is 76.3 Å². The first kappa shape index (κ1) is 25.2. The van der Waals surface area contributed by atoms with Gasteiger partial charge in [-0.3, -0.25) is 9.59 Å². The predicted molar refractivity (Wildman–Crippen MR) is 134 cm³/mol. The zero-order valence-corrected chi connectivity index (χ0v) is 20.6. The number of hydrogen-bond acceptors (Lipinski definition) is 6.